The average Bonchev–Trinajstić information content (AvgIpc) is 3.49. The zero-order valence-electron chi connectivity index (χ0n) is 16.8. The molecule has 0 aliphatic carbocycles. The van der Waals surface area contributed by atoms with Crippen molar-refractivity contribution in [3.63, 3.8) is 0 Å². The Kier molecular flexibility index (Phi) is 4.18. The van der Waals surface area contributed by atoms with Crippen molar-refractivity contribution in [1.29, 1.82) is 0 Å². The average molecular weight is 461 g/mol. The van der Waals surface area contributed by atoms with Crippen molar-refractivity contribution in [3.8, 4) is 17.2 Å². The molecule has 32 heavy (non-hydrogen) atoms. The van der Waals surface area contributed by atoms with Crippen molar-refractivity contribution in [2.24, 2.45) is 0 Å². The topological polar surface area (TPSA) is 40.2 Å². The van der Waals surface area contributed by atoms with Crippen LogP contribution in [-0.2, 0) is 16.7 Å². The molecule has 2 unspecified atom stereocenters. The van der Waals surface area contributed by atoms with Gasteiger partial charge in [-0.25, -0.2) is 0 Å². The lowest BCUT2D eigenvalue weighted by molar-refractivity contribution is -0.203. The fraction of sp³-hybridized carbons (Fsp3) is 0.348. The zero-order chi connectivity index (χ0) is 22.1. The van der Waals surface area contributed by atoms with E-state index in [-0.39, 0.29) is 25.5 Å². The van der Waals surface area contributed by atoms with Crippen molar-refractivity contribution in [1.82, 2.24) is 4.90 Å². The Bertz CT molecular complexity index is 1160. The molecule has 9 heteroatoms. The van der Waals surface area contributed by atoms with Gasteiger partial charge < -0.3 is 23.8 Å². The molecule has 0 saturated carbocycles. The van der Waals surface area contributed by atoms with Crippen molar-refractivity contribution in [3.05, 3.63) is 64.9 Å². The van der Waals surface area contributed by atoms with Crippen LogP contribution in [0, 0.1) is 0 Å². The van der Waals surface area contributed by atoms with Crippen LogP contribution in [-0.4, -0.2) is 42.1 Å². The van der Waals surface area contributed by atoms with Gasteiger partial charge in [-0.1, -0.05) is 36.5 Å². The fourth-order valence-corrected chi connectivity index (χ4v) is 5.32. The maximum atomic E-state index is 13.1. The molecule has 0 aromatic heterocycles. The van der Waals surface area contributed by atoms with Crippen molar-refractivity contribution >= 4 is 17.2 Å². The summed E-state index contributed by atoms with van der Waals surface area (Å²) < 4.78 is 61.6. The Balaban J connectivity index is 1.39. The van der Waals surface area contributed by atoms with Gasteiger partial charge in [0.2, 0.25) is 6.79 Å². The number of hydrogen-bond acceptors (Lipinski definition) is 5. The summed E-state index contributed by atoms with van der Waals surface area (Å²) in [7, 11) is 0. The first-order valence-electron chi connectivity index (χ1n) is 10.2. The van der Waals surface area contributed by atoms with Crippen LogP contribution in [0.25, 0.3) is 0 Å². The lowest BCUT2D eigenvalue weighted by Crippen LogP contribution is -2.52. The maximum Gasteiger partial charge on any atom is 0.425 e. The highest BCUT2D eigenvalue weighted by molar-refractivity contribution is 7.80. The number of nitrogens with zero attached hydrogens (tertiary/aromatic N) is 1. The summed E-state index contributed by atoms with van der Waals surface area (Å²) in [6.45, 7) is 1.09. The van der Waals surface area contributed by atoms with E-state index >= 15 is 0 Å². The number of hydrogen-bond donors (Lipinski definition) is 0. The van der Waals surface area contributed by atoms with E-state index in [0.29, 0.717) is 35.4 Å². The van der Waals surface area contributed by atoms with Gasteiger partial charge in [-0.2, -0.15) is 13.2 Å². The molecule has 0 saturated heterocycles. The number of ether oxygens (including phenoxy) is 4. The summed E-state index contributed by atoms with van der Waals surface area (Å²) in [5.74, 6) is 2.20. The van der Waals surface area contributed by atoms with Gasteiger partial charge in [0.05, 0.1) is 11.5 Å². The van der Waals surface area contributed by atoms with Gasteiger partial charge in [0.25, 0.3) is 0 Å². The Labute approximate surface area is 187 Å². The van der Waals surface area contributed by atoms with Crippen LogP contribution in [0.5, 0.6) is 17.2 Å². The second kappa shape index (κ2) is 6.78. The third kappa shape index (κ3) is 2.80. The second-order valence-electron chi connectivity index (χ2n) is 8.27. The van der Waals surface area contributed by atoms with E-state index in [1.165, 1.54) is 6.08 Å². The Hall–Kier alpha value is -2.94. The molecule has 0 N–H and O–H groups in total. The highest BCUT2D eigenvalue weighted by Crippen LogP contribution is 2.52. The predicted molar refractivity (Wildman–Crippen MR) is 112 cm³/mol. The van der Waals surface area contributed by atoms with E-state index < -0.39 is 17.7 Å². The van der Waals surface area contributed by atoms with Gasteiger partial charge in [0.1, 0.15) is 23.5 Å². The summed E-state index contributed by atoms with van der Waals surface area (Å²) >= 11 is 5.99. The summed E-state index contributed by atoms with van der Waals surface area (Å²) in [6.07, 6.45) is -4.87. The molecule has 4 aliphatic rings. The molecule has 4 aliphatic heterocycles. The molecule has 2 aromatic rings. The quantitative estimate of drug-likeness (QED) is 0.615. The maximum absolute atomic E-state index is 13.1. The number of alkyl halides is 3. The van der Waals surface area contributed by atoms with E-state index in [2.05, 4.69) is 0 Å². The van der Waals surface area contributed by atoms with Gasteiger partial charge in [0, 0.05) is 24.6 Å². The van der Waals surface area contributed by atoms with Crippen LogP contribution in [0.2, 0.25) is 0 Å². The monoisotopic (exact) mass is 461 g/mol. The molecule has 0 fully saturated rings. The number of thiocarbonyl (C=S) groups is 1. The summed E-state index contributed by atoms with van der Waals surface area (Å²) in [5, 5.41) is 0. The highest BCUT2D eigenvalue weighted by atomic mass is 32.1. The molecule has 6 rings (SSSR count). The van der Waals surface area contributed by atoms with Gasteiger partial charge in [0.15, 0.2) is 17.6 Å². The van der Waals surface area contributed by atoms with Crippen molar-refractivity contribution in [2.75, 3.05) is 19.9 Å². The van der Waals surface area contributed by atoms with Gasteiger partial charge >= 0.3 is 6.18 Å². The Morgan fingerprint density at radius 1 is 1.03 bits per heavy atom. The van der Waals surface area contributed by atoms with Crippen LogP contribution in [0.15, 0.2) is 48.2 Å². The molecular formula is C23H18F3NO4S. The van der Waals surface area contributed by atoms with E-state index in [0.717, 1.165) is 16.7 Å². The van der Waals surface area contributed by atoms with E-state index in [1.807, 2.05) is 41.3 Å². The van der Waals surface area contributed by atoms with Crippen LogP contribution in [0.4, 0.5) is 13.2 Å². The van der Waals surface area contributed by atoms with Gasteiger partial charge in [-0.05, 0) is 23.3 Å². The standard InChI is InChI=1S/C23H18F3NO4S/c24-23(25,26)20-6-5-14(31-20)10-27-9-13-3-1-2-4-15(13)22(21(27)32)11-28-17-8-19-18(7-16(17)22)29-12-30-19/h1-5,7-8,20H,6,9-12H2. The van der Waals surface area contributed by atoms with Crippen molar-refractivity contribution in [2.45, 2.75) is 30.7 Å². The highest BCUT2D eigenvalue weighted by Gasteiger charge is 2.52. The van der Waals surface area contributed by atoms with Crippen LogP contribution in [0.1, 0.15) is 23.1 Å². The Morgan fingerprint density at radius 3 is 2.59 bits per heavy atom. The summed E-state index contributed by atoms with van der Waals surface area (Å²) in [6, 6.07) is 11.7. The Morgan fingerprint density at radius 2 is 1.81 bits per heavy atom. The third-order valence-electron chi connectivity index (χ3n) is 6.43. The van der Waals surface area contributed by atoms with Gasteiger partial charge in [-0.3, -0.25) is 0 Å². The minimum Gasteiger partial charge on any atom is -0.491 e. The molecule has 5 nitrogen and oxygen atoms in total. The first-order chi connectivity index (χ1) is 15.4. The first kappa shape index (κ1) is 19.7. The number of rotatable bonds is 2. The summed E-state index contributed by atoms with van der Waals surface area (Å²) in [5.41, 5.74) is 2.20. The molecule has 4 heterocycles. The number of fused-ring (bicyclic) bond motifs is 5. The normalized spacial score (nSPS) is 25.3. The minimum absolute atomic E-state index is 0.143. The lowest BCUT2D eigenvalue weighted by atomic mass is 9.71. The predicted octanol–water partition coefficient (Wildman–Crippen LogP) is 4.47. The minimum atomic E-state index is -4.39. The fourth-order valence-electron chi connectivity index (χ4n) is 4.91. The molecule has 1 spiro atoms. The molecule has 0 radical (unpaired) electrons. The zero-order valence-corrected chi connectivity index (χ0v) is 17.6. The summed E-state index contributed by atoms with van der Waals surface area (Å²) in [4.78, 5) is 2.50. The van der Waals surface area contributed by atoms with Crippen LogP contribution < -0.4 is 14.2 Å². The van der Waals surface area contributed by atoms with Crippen LogP contribution in [0.3, 0.4) is 0 Å². The van der Waals surface area contributed by atoms with E-state index in [9.17, 15) is 13.2 Å². The molecule has 166 valence electrons. The van der Waals surface area contributed by atoms with Crippen LogP contribution >= 0.6 is 12.2 Å². The molecule has 2 aromatic carbocycles. The third-order valence-corrected chi connectivity index (χ3v) is 7.04. The molecular weight excluding hydrogens is 443 g/mol. The second-order valence-corrected chi connectivity index (χ2v) is 8.65. The smallest absolute Gasteiger partial charge is 0.425 e. The lowest BCUT2D eigenvalue weighted by Gasteiger charge is -2.43. The first-order valence-corrected chi connectivity index (χ1v) is 10.6. The molecule has 0 bridgehead atoms. The molecule has 2 atom stereocenters. The van der Waals surface area contributed by atoms with Crippen molar-refractivity contribution < 1.29 is 32.1 Å². The van der Waals surface area contributed by atoms with E-state index in [1.54, 1.807) is 0 Å². The largest absolute Gasteiger partial charge is 0.491 e. The van der Waals surface area contributed by atoms with E-state index in [4.69, 9.17) is 31.2 Å². The van der Waals surface area contributed by atoms with Gasteiger partial charge in [-0.15, -0.1) is 0 Å². The number of halogens is 3. The number of benzene rings is 2. The SMILES string of the molecule is FC(F)(F)C1CC=C(CN2Cc3ccccc3C3(COc4cc5c(cc43)OCO5)C2=S)O1. The molecule has 0 amide bonds.